The van der Waals surface area contributed by atoms with Gasteiger partial charge in [0.05, 0.1) is 0 Å². The second kappa shape index (κ2) is 6.82. The van der Waals surface area contributed by atoms with Crippen LogP contribution in [0, 0.1) is 11.7 Å². The standard InChI is InChI=1S/C14H18FNO4S/c1-9(2)10(3)16-21(19,20)13-6-4-11(8-12(13)15)5-7-14(17)18/h4-10,16H,1-3H3,(H,17,18)/b7-5+. The zero-order chi connectivity index (χ0) is 16.2. The molecule has 0 heterocycles. The molecule has 0 radical (unpaired) electrons. The van der Waals surface area contributed by atoms with Crippen LogP contribution in [0.15, 0.2) is 29.2 Å². The normalized spacial score (nSPS) is 13.8. The van der Waals surface area contributed by atoms with Crippen molar-refractivity contribution in [1.29, 1.82) is 0 Å². The van der Waals surface area contributed by atoms with Crippen LogP contribution in [0.25, 0.3) is 6.08 Å². The molecule has 0 amide bonds. The average Bonchev–Trinajstić information content (AvgIpc) is 2.35. The van der Waals surface area contributed by atoms with Crippen molar-refractivity contribution < 1.29 is 22.7 Å². The van der Waals surface area contributed by atoms with Crippen molar-refractivity contribution in [3.8, 4) is 0 Å². The zero-order valence-electron chi connectivity index (χ0n) is 12.0. The Morgan fingerprint density at radius 3 is 2.43 bits per heavy atom. The summed E-state index contributed by atoms with van der Waals surface area (Å²) in [4.78, 5) is 9.93. The van der Waals surface area contributed by atoms with Crippen LogP contribution in [-0.4, -0.2) is 25.5 Å². The predicted octanol–water partition coefficient (Wildman–Crippen LogP) is 2.25. The molecule has 1 unspecified atom stereocenters. The topological polar surface area (TPSA) is 83.5 Å². The maximum atomic E-state index is 13.9. The lowest BCUT2D eigenvalue weighted by Crippen LogP contribution is -2.36. The third kappa shape index (κ3) is 4.95. The van der Waals surface area contributed by atoms with Crippen LogP contribution in [0.2, 0.25) is 0 Å². The highest BCUT2D eigenvalue weighted by molar-refractivity contribution is 7.89. The van der Waals surface area contributed by atoms with Crippen molar-refractivity contribution in [1.82, 2.24) is 4.72 Å². The summed E-state index contributed by atoms with van der Waals surface area (Å²) in [6.45, 7) is 5.40. The van der Waals surface area contributed by atoms with Gasteiger partial charge in [-0.3, -0.25) is 0 Å². The smallest absolute Gasteiger partial charge is 0.328 e. The molecule has 0 aliphatic rings. The Hall–Kier alpha value is -1.73. The minimum absolute atomic E-state index is 0.0700. The van der Waals surface area contributed by atoms with E-state index in [1.54, 1.807) is 6.92 Å². The zero-order valence-corrected chi connectivity index (χ0v) is 12.8. The SMILES string of the molecule is CC(C)C(C)NS(=O)(=O)c1ccc(/C=C/C(=O)O)cc1F. The average molecular weight is 315 g/mol. The van der Waals surface area contributed by atoms with E-state index in [0.717, 1.165) is 18.2 Å². The molecule has 0 aromatic heterocycles. The van der Waals surface area contributed by atoms with Crippen molar-refractivity contribution in [3.63, 3.8) is 0 Å². The lowest BCUT2D eigenvalue weighted by Gasteiger charge is -2.17. The van der Waals surface area contributed by atoms with Crippen LogP contribution in [0.5, 0.6) is 0 Å². The van der Waals surface area contributed by atoms with Crippen LogP contribution in [-0.2, 0) is 14.8 Å². The van der Waals surface area contributed by atoms with Crippen molar-refractivity contribution in [2.24, 2.45) is 5.92 Å². The number of hydrogen-bond donors (Lipinski definition) is 2. The molecule has 5 nitrogen and oxygen atoms in total. The van der Waals surface area contributed by atoms with Crippen molar-refractivity contribution in [2.75, 3.05) is 0 Å². The molecule has 116 valence electrons. The van der Waals surface area contributed by atoms with Gasteiger partial charge in [-0.25, -0.2) is 22.3 Å². The van der Waals surface area contributed by atoms with Gasteiger partial charge in [0.25, 0.3) is 0 Å². The molecule has 0 aliphatic heterocycles. The number of aliphatic carboxylic acids is 1. The highest BCUT2D eigenvalue weighted by Crippen LogP contribution is 2.18. The van der Waals surface area contributed by atoms with Gasteiger partial charge in [0.2, 0.25) is 10.0 Å². The highest BCUT2D eigenvalue weighted by Gasteiger charge is 2.22. The number of carboxylic acid groups (broad SMARTS) is 1. The fourth-order valence-corrected chi connectivity index (χ4v) is 2.90. The number of sulfonamides is 1. The van der Waals surface area contributed by atoms with Gasteiger partial charge in [0.15, 0.2) is 0 Å². The highest BCUT2D eigenvalue weighted by atomic mass is 32.2. The van der Waals surface area contributed by atoms with Crippen molar-refractivity contribution in [3.05, 3.63) is 35.7 Å². The summed E-state index contributed by atoms with van der Waals surface area (Å²) in [7, 11) is -3.95. The van der Waals surface area contributed by atoms with Crippen LogP contribution in [0.4, 0.5) is 4.39 Å². The van der Waals surface area contributed by atoms with E-state index in [4.69, 9.17) is 5.11 Å². The van der Waals surface area contributed by atoms with Crippen LogP contribution < -0.4 is 4.72 Å². The van der Waals surface area contributed by atoms with Crippen LogP contribution in [0.3, 0.4) is 0 Å². The van der Waals surface area contributed by atoms with Gasteiger partial charge in [-0.15, -0.1) is 0 Å². The second-order valence-electron chi connectivity index (χ2n) is 5.02. The summed E-state index contributed by atoms with van der Waals surface area (Å²) in [6.07, 6.45) is 2.04. The minimum Gasteiger partial charge on any atom is -0.478 e. The molecule has 0 spiro atoms. The van der Waals surface area contributed by atoms with E-state index in [2.05, 4.69) is 4.72 Å². The molecule has 0 saturated heterocycles. The molecule has 0 fully saturated rings. The van der Waals surface area contributed by atoms with E-state index in [1.807, 2.05) is 13.8 Å². The first-order valence-corrected chi connectivity index (χ1v) is 7.84. The number of nitrogens with one attached hydrogen (secondary N) is 1. The predicted molar refractivity (Wildman–Crippen MR) is 77.7 cm³/mol. The Kier molecular flexibility index (Phi) is 5.62. The van der Waals surface area contributed by atoms with E-state index in [9.17, 15) is 17.6 Å². The largest absolute Gasteiger partial charge is 0.478 e. The molecule has 0 saturated carbocycles. The molecule has 1 aromatic rings. The molecule has 1 rings (SSSR count). The van der Waals surface area contributed by atoms with E-state index in [0.29, 0.717) is 0 Å². The van der Waals surface area contributed by atoms with E-state index < -0.39 is 26.7 Å². The minimum atomic E-state index is -3.95. The Balaban J connectivity index is 3.07. The van der Waals surface area contributed by atoms with Gasteiger partial charge in [-0.1, -0.05) is 19.9 Å². The van der Waals surface area contributed by atoms with Gasteiger partial charge in [0, 0.05) is 12.1 Å². The Bertz CT molecular complexity index is 653. The van der Waals surface area contributed by atoms with Gasteiger partial charge in [0.1, 0.15) is 10.7 Å². The van der Waals surface area contributed by atoms with E-state index in [-0.39, 0.29) is 17.5 Å². The first-order chi connectivity index (χ1) is 9.63. The first-order valence-electron chi connectivity index (χ1n) is 6.36. The maximum absolute atomic E-state index is 13.9. The number of carbonyl (C=O) groups is 1. The Morgan fingerprint density at radius 2 is 1.95 bits per heavy atom. The third-order valence-electron chi connectivity index (χ3n) is 3.00. The maximum Gasteiger partial charge on any atom is 0.328 e. The molecule has 1 atom stereocenters. The number of benzene rings is 1. The number of carboxylic acids is 1. The summed E-state index contributed by atoms with van der Waals surface area (Å²) in [5, 5.41) is 8.49. The summed E-state index contributed by atoms with van der Waals surface area (Å²) in [6, 6.07) is 3.11. The summed E-state index contributed by atoms with van der Waals surface area (Å²) in [5.41, 5.74) is 0.269. The van der Waals surface area contributed by atoms with Crippen molar-refractivity contribution in [2.45, 2.75) is 31.7 Å². The summed E-state index contributed by atoms with van der Waals surface area (Å²) >= 11 is 0. The van der Waals surface area contributed by atoms with Crippen LogP contribution >= 0.6 is 0 Å². The number of rotatable bonds is 6. The summed E-state index contributed by atoms with van der Waals surface area (Å²) in [5.74, 6) is -2.02. The van der Waals surface area contributed by atoms with E-state index >= 15 is 0 Å². The molecule has 2 N–H and O–H groups in total. The summed E-state index contributed by atoms with van der Waals surface area (Å²) < 4.78 is 40.5. The molecule has 0 bridgehead atoms. The quantitative estimate of drug-likeness (QED) is 0.789. The van der Waals surface area contributed by atoms with Crippen LogP contribution in [0.1, 0.15) is 26.3 Å². The lowest BCUT2D eigenvalue weighted by atomic mass is 10.1. The molecular weight excluding hydrogens is 297 g/mol. The molecule has 21 heavy (non-hydrogen) atoms. The van der Waals surface area contributed by atoms with Crippen molar-refractivity contribution >= 4 is 22.1 Å². The molecule has 1 aromatic carbocycles. The number of halogens is 1. The lowest BCUT2D eigenvalue weighted by molar-refractivity contribution is -0.131. The molecule has 7 heteroatoms. The van der Waals surface area contributed by atoms with Gasteiger partial charge in [-0.05, 0) is 36.6 Å². The van der Waals surface area contributed by atoms with Gasteiger partial charge in [-0.2, -0.15) is 0 Å². The second-order valence-corrected chi connectivity index (χ2v) is 6.70. The monoisotopic (exact) mass is 315 g/mol. The molecular formula is C14H18FNO4S. The number of hydrogen-bond acceptors (Lipinski definition) is 3. The van der Waals surface area contributed by atoms with Gasteiger partial charge < -0.3 is 5.11 Å². The van der Waals surface area contributed by atoms with E-state index in [1.165, 1.54) is 12.1 Å². The fraction of sp³-hybridized carbons (Fsp3) is 0.357. The Morgan fingerprint density at radius 1 is 1.33 bits per heavy atom. The Labute approximate surface area is 123 Å². The molecule has 0 aliphatic carbocycles. The third-order valence-corrected chi connectivity index (χ3v) is 4.60. The van der Waals surface area contributed by atoms with Gasteiger partial charge >= 0.3 is 5.97 Å². The first kappa shape index (κ1) is 17.3. The fourth-order valence-electron chi connectivity index (χ4n) is 1.45.